The molecule has 6 heteroatoms. The van der Waals surface area contributed by atoms with E-state index in [1.54, 1.807) is 29.3 Å². The highest BCUT2D eigenvalue weighted by molar-refractivity contribution is 6.31. The molecule has 0 radical (unpaired) electrons. The van der Waals surface area contributed by atoms with Crippen molar-refractivity contribution in [3.63, 3.8) is 0 Å². The first kappa shape index (κ1) is 17.1. The van der Waals surface area contributed by atoms with Crippen LogP contribution in [0.25, 0.3) is 0 Å². The third-order valence-electron chi connectivity index (χ3n) is 4.90. The third-order valence-corrected chi connectivity index (χ3v) is 5.13. The number of amides is 2. The van der Waals surface area contributed by atoms with Crippen molar-refractivity contribution in [1.29, 1.82) is 0 Å². The molecule has 4 rings (SSSR count). The normalized spacial score (nSPS) is 25.1. The predicted octanol–water partition coefficient (Wildman–Crippen LogP) is 3.82. The summed E-state index contributed by atoms with van der Waals surface area (Å²) in [6.45, 7) is 2.06. The second kappa shape index (κ2) is 6.74. The molecule has 134 valence electrons. The maximum atomic E-state index is 13.1. The lowest BCUT2D eigenvalue weighted by atomic mass is 9.93. The highest BCUT2D eigenvalue weighted by Crippen LogP contribution is 2.41. The number of imide groups is 1. The van der Waals surface area contributed by atoms with Crippen molar-refractivity contribution in [3.8, 4) is 0 Å². The Morgan fingerprint density at radius 3 is 2.42 bits per heavy atom. The molecular formula is C20H19ClN2O3. The maximum absolute atomic E-state index is 13.1. The summed E-state index contributed by atoms with van der Waals surface area (Å²) in [5.41, 5.74) is 1.35. The Bertz CT molecular complexity index is 842. The number of fused-ring (bicyclic) bond motifs is 1. The van der Waals surface area contributed by atoms with Crippen molar-refractivity contribution in [1.82, 2.24) is 0 Å². The van der Waals surface area contributed by atoms with E-state index in [9.17, 15) is 9.59 Å². The van der Waals surface area contributed by atoms with Crippen molar-refractivity contribution < 1.29 is 14.4 Å². The molecule has 2 amide bonds. The summed E-state index contributed by atoms with van der Waals surface area (Å²) in [7, 11) is 0. The Hall–Kier alpha value is -2.37. The number of benzene rings is 2. The van der Waals surface area contributed by atoms with E-state index in [0.717, 1.165) is 18.5 Å². The van der Waals surface area contributed by atoms with Crippen molar-refractivity contribution in [2.24, 2.45) is 5.92 Å². The summed E-state index contributed by atoms with van der Waals surface area (Å²) in [6.07, 6.45) is 0.857. The van der Waals surface area contributed by atoms with Crippen LogP contribution in [-0.2, 0) is 14.4 Å². The summed E-state index contributed by atoms with van der Waals surface area (Å²) in [4.78, 5) is 33.3. The Labute approximate surface area is 157 Å². The van der Waals surface area contributed by atoms with Gasteiger partial charge in [0.05, 0.1) is 23.3 Å². The molecule has 2 heterocycles. The SMILES string of the molecule is CCC[C@H]1[C@H]2C(=O)N(c3cccc(Cl)c3)C(=O)[C@H]2ON1c1ccccc1. The van der Waals surface area contributed by atoms with Crippen molar-refractivity contribution in [2.75, 3.05) is 9.96 Å². The van der Waals surface area contributed by atoms with Crippen LogP contribution in [-0.4, -0.2) is 24.0 Å². The average molecular weight is 371 g/mol. The standard InChI is InChI=1S/C20H19ClN2O3/c1-2-7-16-17-18(26-23(16)14-9-4-3-5-10-14)20(25)22(19(17)24)15-11-6-8-13(21)12-15/h3-6,8-12,16-18H,2,7H2,1H3/t16-,17+,18-/m0/s1. The Balaban J connectivity index is 1.69. The van der Waals surface area contributed by atoms with Crippen LogP contribution in [0.2, 0.25) is 5.02 Å². The number of anilines is 2. The zero-order chi connectivity index (χ0) is 18.3. The van der Waals surface area contributed by atoms with Gasteiger partial charge in [0.15, 0.2) is 6.10 Å². The second-order valence-corrected chi connectivity index (χ2v) is 7.00. The first-order valence-corrected chi connectivity index (χ1v) is 9.14. The highest BCUT2D eigenvalue weighted by atomic mass is 35.5. The predicted molar refractivity (Wildman–Crippen MR) is 99.9 cm³/mol. The molecule has 2 aromatic carbocycles. The fourth-order valence-electron chi connectivity index (χ4n) is 3.78. The quantitative estimate of drug-likeness (QED) is 0.768. The molecule has 2 aliphatic rings. The number of nitrogens with zero attached hydrogens (tertiary/aromatic N) is 2. The Morgan fingerprint density at radius 1 is 1.00 bits per heavy atom. The molecule has 2 saturated heterocycles. The molecule has 0 aliphatic carbocycles. The van der Waals surface area contributed by atoms with Gasteiger partial charge in [0, 0.05) is 5.02 Å². The van der Waals surface area contributed by atoms with E-state index in [-0.39, 0.29) is 17.9 Å². The van der Waals surface area contributed by atoms with Gasteiger partial charge in [-0.25, -0.2) is 9.96 Å². The molecule has 2 aliphatic heterocycles. The van der Waals surface area contributed by atoms with Crippen LogP contribution in [0.3, 0.4) is 0 Å². The van der Waals surface area contributed by atoms with Gasteiger partial charge >= 0.3 is 0 Å². The van der Waals surface area contributed by atoms with Crippen LogP contribution in [0.4, 0.5) is 11.4 Å². The first-order valence-electron chi connectivity index (χ1n) is 8.76. The van der Waals surface area contributed by atoms with Gasteiger partial charge in [-0.15, -0.1) is 0 Å². The molecule has 26 heavy (non-hydrogen) atoms. The zero-order valence-corrected chi connectivity index (χ0v) is 15.1. The number of rotatable bonds is 4. The van der Waals surface area contributed by atoms with E-state index in [4.69, 9.17) is 16.4 Å². The molecule has 0 N–H and O–H groups in total. The summed E-state index contributed by atoms with van der Waals surface area (Å²) in [5.74, 6) is -1.07. The number of hydrogen-bond donors (Lipinski definition) is 0. The number of hydrogen-bond acceptors (Lipinski definition) is 4. The summed E-state index contributed by atoms with van der Waals surface area (Å²) < 4.78 is 0. The summed E-state index contributed by atoms with van der Waals surface area (Å²) in [6, 6.07) is 16.2. The van der Waals surface area contributed by atoms with Crippen molar-refractivity contribution in [3.05, 3.63) is 59.6 Å². The van der Waals surface area contributed by atoms with E-state index >= 15 is 0 Å². The minimum absolute atomic E-state index is 0.173. The number of halogens is 1. The maximum Gasteiger partial charge on any atom is 0.266 e. The van der Waals surface area contributed by atoms with Crippen molar-refractivity contribution >= 4 is 34.8 Å². The van der Waals surface area contributed by atoms with Crippen LogP contribution < -0.4 is 9.96 Å². The largest absolute Gasteiger partial charge is 0.273 e. The van der Waals surface area contributed by atoms with E-state index < -0.39 is 12.0 Å². The van der Waals surface area contributed by atoms with Gasteiger partial charge in [0.2, 0.25) is 5.91 Å². The van der Waals surface area contributed by atoms with Gasteiger partial charge in [-0.3, -0.25) is 14.4 Å². The minimum atomic E-state index is -0.793. The van der Waals surface area contributed by atoms with Gasteiger partial charge < -0.3 is 0 Å². The van der Waals surface area contributed by atoms with Gasteiger partial charge in [-0.2, -0.15) is 0 Å². The number of carbonyl (C=O) groups excluding carboxylic acids is 2. The van der Waals surface area contributed by atoms with Crippen molar-refractivity contribution in [2.45, 2.75) is 31.9 Å². The number of para-hydroxylation sites is 1. The highest BCUT2D eigenvalue weighted by Gasteiger charge is 2.59. The molecule has 0 saturated carbocycles. The second-order valence-electron chi connectivity index (χ2n) is 6.56. The lowest BCUT2D eigenvalue weighted by molar-refractivity contribution is -0.126. The molecule has 0 unspecified atom stereocenters. The Kier molecular flexibility index (Phi) is 4.42. The molecule has 2 aromatic rings. The summed E-state index contributed by atoms with van der Waals surface area (Å²) in [5, 5.41) is 2.22. The smallest absolute Gasteiger partial charge is 0.266 e. The fourth-order valence-corrected chi connectivity index (χ4v) is 3.97. The monoisotopic (exact) mass is 370 g/mol. The van der Waals surface area contributed by atoms with E-state index in [1.807, 2.05) is 30.3 Å². The van der Waals surface area contributed by atoms with Gasteiger partial charge in [-0.05, 0) is 36.8 Å². The topological polar surface area (TPSA) is 49.9 Å². The average Bonchev–Trinajstić information content (AvgIpc) is 3.13. The molecule has 3 atom stereocenters. The molecule has 0 spiro atoms. The number of hydroxylamine groups is 1. The molecule has 5 nitrogen and oxygen atoms in total. The van der Waals surface area contributed by atoms with Gasteiger partial charge in [0.1, 0.15) is 0 Å². The van der Waals surface area contributed by atoms with Crippen LogP contribution in [0.15, 0.2) is 54.6 Å². The number of carbonyl (C=O) groups is 2. The molecule has 0 bridgehead atoms. The lowest BCUT2D eigenvalue weighted by Gasteiger charge is -2.28. The van der Waals surface area contributed by atoms with Crippen LogP contribution in [0, 0.1) is 5.92 Å². The molecule has 0 aromatic heterocycles. The Morgan fingerprint density at radius 2 is 1.73 bits per heavy atom. The first-order chi connectivity index (χ1) is 12.6. The third kappa shape index (κ3) is 2.68. The van der Waals surface area contributed by atoms with Crippen LogP contribution >= 0.6 is 11.6 Å². The zero-order valence-electron chi connectivity index (χ0n) is 14.3. The van der Waals surface area contributed by atoms with Crippen LogP contribution in [0.1, 0.15) is 19.8 Å². The van der Waals surface area contributed by atoms with E-state index in [2.05, 4.69) is 6.92 Å². The van der Waals surface area contributed by atoms with E-state index in [0.29, 0.717) is 10.7 Å². The minimum Gasteiger partial charge on any atom is -0.273 e. The molecule has 2 fully saturated rings. The van der Waals surface area contributed by atoms with Gasteiger partial charge in [-0.1, -0.05) is 49.2 Å². The molecular weight excluding hydrogens is 352 g/mol. The fraction of sp³-hybridized carbons (Fsp3) is 0.300. The lowest BCUT2D eigenvalue weighted by Crippen LogP contribution is -2.40. The summed E-state index contributed by atoms with van der Waals surface area (Å²) >= 11 is 6.03. The van der Waals surface area contributed by atoms with E-state index in [1.165, 1.54) is 4.90 Å². The van der Waals surface area contributed by atoms with Gasteiger partial charge in [0.25, 0.3) is 5.91 Å². The van der Waals surface area contributed by atoms with Crippen LogP contribution in [0.5, 0.6) is 0 Å².